The van der Waals surface area contributed by atoms with E-state index in [1.807, 2.05) is 0 Å². The van der Waals surface area contributed by atoms with Crippen LogP contribution in [-0.2, 0) is 14.8 Å². The quantitative estimate of drug-likeness (QED) is 0.757. The molecular formula is C14H27N3O4S. The molecule has 1 spiro atoms. The number of piperidine rings is 1. The Morgan fingerprint density at radius 1 is 1.27 bits per heavy atom. The van der Waals surface area contributed by atoms with Gasteiger partial charge in [-0.25, -0.2) is 13.2 Å². The monoisotopic (exact) mass is 333 g/mol. The number of carbonyl (C=O) groups is 1. The highest BCUT2D eigenvalue weighted by molar-refractivity contribution is 7.88. The lowest BCUT2D eigenvalue weighted by Gasteiger charge is -2.45. The Kier molecular flexibility index (Phi) is 5.03. The molecule has 2 aliphatic rings. The molecule has 2 aliphatic heterocycles. The number of hydrogen-bond acceptors (Lipinski definition) is 4. The molecule has 22 heavy (non-hydrogen) atoms. The normalized spacial score (nSPS) is 25.6. The maximum Gasteiger partial charge on any atom is 0.319 e. The number of rotatable bonds is 3. The molecule has 0 bridgehead atoms. The lowest BCUT2D eigenvalue weighted by molar-refractivity contribution is 0.0725. The predicted molar refractivity (Wildman–Crippen MR) is 84.2 cm³/mol. The number of amides is 2. The fourth-order valence-electron chi connectivity index (χ4n) is 3.88. The van der Waals surface area contributed by atoms with E-state index < -0.39 is 10.0 Å². The minimum Gasteiger partial charge on any atom is -0.383 e. The molecule has 0 aromatic rings. The number of carbonyl (C=O) groups excluding carboxylic acids is 1. The van der Waals surface area contributed by atoms with Crippen LogP contribution in [0.15, 0.2) is 0 Å². The summed E-state index contributed by atoms with van der Waals surface area (Å²) in [7, 11) is 1.78. The van der Waals surface area contributed by atoms with Crippen molar-refractivity contribution in [3.63, 3.8) is 0 Å². The molecule has 7 nitrogen and oxygen atoms in total. The van der Waals surface area contributed by atoms with Crippen LogP contribution < -0.4 is 0 Å². The van der Waals surface area contributed by atoms with E-state index in [4.69, 9.17) is 4.74 Å². The van der Waals surface area contributed by atoms with Gasteiger partial charge >= 0.3 is 6.03 Å². The van der Waals surface area contributed by atoms with Crippen LogP contribution in [0.5, 0.6) is 0 Å². The number of sulfonamides is 1. The zero-order valence-corrected chi connectivity index (χ0v) is 14.7. The van der Waals surface area contributed by atoms with Crippen LogP contribution in [0, 0.1) is 0 Å². The van der Waals surface area contributed by atoms with Crippen LogP contribution >= 0.6 is 0 Å². The second-order valence-corrected chi connectivity index (χ2v) is 8.45. The fraction of sp³-hybridized carbons (Fsp3) is 0.929. The zero-order chi connectivity index (χ0) is 16.5. The Hall–Kier alpha value is -0.860. The summed E-state index contributed by atoms with van der Waals surface area (Å²) >= 11 is 0. The summed E-state index contributed by atoms with van der Waals surface area (Å²) in [4.78, 5) is 15.4. The van der Waals surface area contributed by atoms with E-state index in [1.54, 1.807) is 35.3 Å². The van der Waals surface area contributed by atoms with Crippen LogP contribution in [0.25, 0.3) is 0 Å². The summed E-state index contributed by atoms with van der Waals surface area (Å²) in [5.74, 6) is 0. The molecule has 2 fully saturated rings. The molecule has 2 amide bonds. The Morgan fingerprint density at radius 3 is 2.32 bits per heavy atom. The van der Waals surface area contributed by atoms with Gasteiger partial charge in [-0.15, -0.1) is 0 Å². The van der Waals surface area contributed by atoms with Crippen molar-refractivity contribution < 1.29 is 17.9 Å². The van der Waals surface area contributed by atoms with Gasteiger partial charge in [0.2, 0.25) is 10.0 Å². The molecule has 2 saturated heterocycles. The van der Waals surface area contributed by atoms with E-state index in [9.17, 15) is 13.2 Å². The van der Waals surface area contributed by atoms with Crippen LogP contribution in [0.2, 0.25) is 0 Å². The number of urea groups is 1. The Labute approximate surface area is 133 Å². The number of methoxy groups -OCH3 is 1. The van der Waals surface area contributed by atoms with Crippen LogP contribution in [0.1, 0.15) is 25.7 Å². The smallest absolute Gasteiger partial charge is 0.319 e. The van der Waals surface area contributed by atoms with Gasteiger partial charge < -0.3 is 14.5 Å². The third kappa shape index (κ3) is 3.23. The van der Waals surface area contributed by atoms with Gasteiger partial charge in [-0.2, -0.15) is 4.31 Å². The first-order valence-corrected chi connectivity index (χ1v) is 9.51. The molecule has 0 unspecified atom stereocenters. The minimum absolute atomic E-state index is 0.00723. The summed E-state index contributed by atoms with van der Waals surface area (Å²) in [6, 6.07) is -0.0942. The van der Waals surface area contributed by atoms with Gasteiger partial charge in [-0.1, -0.05) is 0 Å². The van der Waals surface area contributed by atoms with E-state index in [-0.39, 0.29) is 17.6 Å². The van der Waals surface area contributed by atoms with Gasteiger partial charge in [-0.05, 0) is 25.7 Å². The molecule has 0 radical (unpaired) electrons. The zero-order valence-electron chi connectivity index (χ0n) is 13.9. The minimum atomic E-state index is -3.30. The van der Waals surface area contributed by atoms with Gasteiger partial charge in [0.05, 0.1) is 12.9 Å². The Morgan fingerprint density at radius 2 is 1.86 bits per heavy atom. The summed E-state index contributed by atoms with van der Waals surface area (Å²) in [5.41, 5.74) is -0.347. The van der Waals surface area contributed by atoms with Crippen molar-refractivity contribution in [3.05, 3.63) is 0 Å². The van der Waals surface area contributed by atoms with Crippen molar-refractivity contribution in [2.24, 2.45) is 0 Å². The van der Waals surface area contributed by atoms with E-state index in [2.05, 4.69) is 0 Å². The van der Waals surface area contributed by atoms with Gasteiger partial charge in [0.25, 0.3) is 0 Å². The Balaban J connectivity index is 2.16. The molecule has 8 heteroatoms. The molecule has 0 aromatic heterocycles. The first-order chi connectivity index (χ1) is 10.2. The predicted octanol–water partition coefficient (Wildman–Crippen LogP) is 0.573. The summed E-state index contributed by atoms with van der Waals surface area (Å²) in [6.07, 6.45) is 4.33. The average Bonchev–Trinajstić information content (AvgIpc) is 2.77. The highest BCUT2D eigenvalue weighted by atomic mass is 32.2. The standard InChI is InChI=1S/C14H27N3O4S/c1-15(2)13(18)16-9-7-14(8-10-16)6-5-12(11-21-3)17(14)22(4,19)20/h12H,5-11H2,1-4H3/t12-/m0/s1. The average molecular weight is 333 g/mol. The maximum absolute atomic E-state index is 12.3. The molecule has 2 heterocycles. The fourth-order valence-corrected chi connectivity index (χ4v) is 5.57. The van der Waals surface area contributed by atoms with E-state index in [1.165, 1.54) is 6.26 Å². The van der Waals surface area contributed by atoms with Crippen molar-refractivity contribution in [2.75, 3.05) is 47.2 Å². The lowest BCUT2D eigenvalue weighted by atomic mass is 9.86. The number of likely N-dealkylation sites (tertiary alicyclic amines) is 1. The van der Waals surface area contributed by atoms with Crippen molar-refractivity contribution in [2.45, 2.75) is 37.3 Å². The van der Waals surface area contributed by atoms with Crippen LogP contribution in [0.3, 0.4) is 0 Å². The highest BCUT2D eigenvalue weighted by Crippen LogP contribution is 2.43. The van der Waals surface area contributed by atoms with E-state index >= 15 is 0 Å². The molecular weight excluding hydrogens is 306 g/mol. The summed E-state index contributed by atoms with van der Waals surface area (Å²) < 4.78 is 31.5. The first kappa shape index (κ1) is 17.5. The molecule has 2 rings (SSSR count). The van der Waals surface area contributed by atoms with Gasteiger partial charge in [-0.3, -0.25) is 0 Å². The maximum atomic E-state index is 12.3. The summed E-state index contributed by atoms with van der Waals surface area (Å²) in [5, 5.41) is 0. The molecule has 0 aromatic carbocycles. The highest BCUT2D eigenvalue weighted by Gasteiger charge is 2.52. The van der Waals surface area contributed by atoms with E-state index in [0.717, 1.165) is 12.8 Å². The number of hydrogen-bond donors (Lipinski definition) is 0. The van der Waals surface area contributed by atoms with Crippen molar-refractivity contribution in [1.82, 2.24) is 14.1 Å². The second-order valence-electron chi connectivity index (χ2n) is 6.60. The Bertz CT molecular complexity index is 512. The third-order valence-electron chi connectivity index (χ3n) is 4.81. The van der Waals surface area contributed by atoms with E-state index in [0.29, 0.717) is 32.5 Å². The van der Waals surface area contributed by atoms with Crippen LogP contribution in [0.4, 0.5) is 4.79 Å². The third-order valence-corrected chi connectivity index (χ3v) is 6.21. The van der Waals surface area contributed by atoms with Gasteiger partial charge in [0, 0.05) is 45.9 Å². The number of ether oxygens (including phenoxy) is 1. The lowest BCUT2D eigenvalue weighted by Crippen LogP contribution is -2.57. The summed E-state index contributed by atoms with van der Waals surface area (Å²) in [6.45, 7) is 1.63. The van der Waals surface area contributed by atoms with Crippen LogP contribution in [-0.4, -0.2) is 87.3 Å². The topological polar surface area (TPSA) is 70.2 Å². The van der Waals surface area contributed by atoms with Gasteiger partial charge in [0.15, 0.2) is 0 Å². The largest absolute Gasteiger partial charge is 0.383 e. The molecule has 0 aliphatic carbocycles. The SMILES string of the molecule is COC[C@@H]1CCC2(CCN(C(=O)N(C)C)CC2)N1S(C)(=O)=O. The van der Waals surface area contributed by atoms with Crippen molar-refractivity contribution in [1.29, 1.82) is 0 Å². The molecule has 0 saturated carbocycles. The van der Waals surface area contributed by atoms with Gasteiger partial charge in [0.1, 0.15) is 0 Å². The van der Waals surface area contributed by atoms with Crippen molar-refractivity contribution in [3.8, 4) is 0 Å². The number of nitrogens with zero attached hydrogens (tertiary/aromatic N) is 3. The molecule has 128 valence electrons. The first-order valence-electron chi connectivity index (χ1n) is 7.66. The second kappa shape index (κ2) is 6.33. The molecule has 0 N–H and O–H groups in total. The molecule has 1 atom stereocenters. The van der Waals surface area contributed by atoms with Crippen molar-refractivity contribution >= 4 is 16.1 Å².